The molecular formula is C25H20F2N2O2. The lowest BCUT2D eigenvalue weighted by molar-refractivity contribution is -0.120. The van der Waals surface area contributed by atoms with E-state index in [1.54, 1.807) is 35.2 Å². The first-order valence-electron chi connectivity index (χ1n) is 9.93. The summed E-state index contributed by atoms with van der Waals surface area (Å²) in [5.41, 5.74) is 1.45. The van der Waals surface area contributed by atoms with Crippen molar-refractivity contribution in [2.24, 2.45) is 0 Å². The maximum atomic E-state index is 14.5. The van der Waals surface area contributed by atoms with Crippen LogP contribution in [0.25, 0.3) is 5.57 Å². The molecule has 3 aromatic rings. The van der Waals surface area contributed by atoms with Gasteiger partial charge < -0.3 is 4.90 Å². The number of benzene rings is 3. The summed E-state index contributed by atoms with van der Waals surface area (Å²) in [6.07, 6.45) is 0. The van der Waals surface area contributed by atoms with Crippen LogP contribution in [-0.2, 0) is 16.1 Å². The third kappa shape index (κ3) is 3.84. The molecule has 1 heterocycles. The van der Waals surface area contributed by atoms with Gasteiger partial charge in [-0.3, -0.25) is 9.59 Å². The number of anilines is 1. The van der Waals surface area contributed by atoms with Crippen LogP contribution >= 0.6 is 0 Å². The summed E-state index contributed by atoms with van der Waals surface area (Å²) in [5.74, 6) is -2.93. The molecule has 3 aromatic carbocycles. The van der Waals surface area contributed by atoms with Gasteiger partial charge in [-0.2, -0.15) is 0 Å². The number of nitrogens with zero attached hydrogens (tertiary/aromatic N) is 2. The number of carbonyl (C=O) groups is 2. The first-order valence-corrected chi connectivity index (χ1v) is 9.93. The van der Waals surface area contributed by atoms with Gasteiger partial charge in [0.15, 0.2) is 0 Å². The Labute approximate surface area is 179 Å². The smallest absolute Gasteiger partial charge is 0.282 e. The molecular weight excluding hydrogens is 398 g/mol. The van der Waals surface area contributed by atoms with Crippen molar-refractivity contribution in [3.63, 3.8) is 0 Å². The average molecular weight is 418 g/mol. The molecule has 1 aliphatic rings. The topological polar surface area (TPSA) is 40.6 Å². The summed E-state index contributed by atoms with van der Waals surface area (Å²) >= 11 is 0. The molecule has 0 aliphatic carbocycles. The predicted molar refractivity (Wildman–Crippen MR) is 115 cm³/mol. The summed E-state index contributed by atoms with van der Waals surface area (Å²) in [6.45, 7) is 2.71. The van der Waals surface area contributed by atoms with Gasteiger partial charge in [0.1, 0.15) is 17.3 Å². The second kappa shape index (κ2) is 8.52. The van der Waals surface area contributed by atoms with Crippen LogP contribution in [-0.4, -0.2) is 23.3 Å². The number of amides is 2. The van der Waals surface area contributed by atoms with Crippen LogP contribution in [0.3, 0.4) is 0 Å². The van der Waals surface area contributed by atoms with E-state index >= 15 is 0 Å². The number of imide groups is 1. The summed E-state index contributed by atoms with van der Waals surface area (Å²) in [7, 11) is 0. The first-order chi connectivity index (χ1) is 15.0. The van der Waals surface area contributed by atoms with E-state index in [4.69, 9.17) is 0 Å². The Bertz CT molecular complexity index is 1160. The van der Waals surface area contributed by atoms with Crippen molar-refractivity contribution in [3.8, 4) is 0 Å². The highest BCUT2D eigenvalue weighted by Gasteiger charge is 2.43. The third-order valence-electron chi connectivity index (χ3n) is 5.19. The van der Waals surface area contributed by atoms with Crippen molar-refractivity contribution < 1.29 is 18.4 Å². The molecule has 0 radical (unpaired) electrons. The van der Waals surface area contributed by atoms with Gasteiger partial charge in [-0.15, -0.1) is 0 Å². The molecule has 156 valence electrons. The zero-order valence-electron chi connectivity index (χ0n) is 16.9. The highest BCUT2D eigenvalue weighted by atomic mass is 19.1. The Hall–Kier alpha value is -3.80. The molecule has 0 aromatic heterocycles. The van der Waals surface area contributed by atoms with Crippen LogP contribution in [0.15, 0.2) is 84.6 Å². The van der Waals surface area contributed by atoms with Crippen molar-refractivity contribution >= 4 is 23.1 Å². The fourth-order valence-electron chi connectivity index (χ4n) is 3.71. The predicted octanol–water partition coefficient (Wildman–Crippen LogP) is 4.77. The van der Waals surface area contributed by atoms with Crippen molar-refractivity contribution in [3.05, 3.63) is 107 Å². The molecule has 0 spiro atoms. The quantitative estimate of drug-likeness (QED) is 0.542. The van der Waals surface area contributed by atoms with Crippen molar-refractivity contribution in [2.45, 2.75) is 13.5 Å². The normalized spacial score (nSPS) is 13.8. The third-order valence-corrected chi connectivity index (χ3v) is 5.19. The maximum absolute atomic E-state index is 14.5. The lowest BCUT2D eigenvalue weighted by atomic mass is 10.0. The van der Waals surface area contributed by atoms with E-state index in [1.807, 2.05) is 37.3 Å². The monoisotopic (exact) mass is 418 g/mol. The minimum Gasteiger partial charge on any atom is -0.362 e. The van der Waals surface area contributed by atoms with E-state index in [0.29, 0.717) is 18.7 Å². The number of halogens is 2. The van der Waals surface area contributed by atoms with Crippen molar-refractivity contribution in [1.82, 2.24) is 4.90 Å². The van der Waals surface area contributed by atoms with Crippen LogP contribution in [0.2, 0.25) is 0 Å². The Kier molecular flexibility index (Phi) is 5.62. The Morgan fingerprint density at radius 3 is 2.13 bits per heavy atom. The Morgan fingerprint density at radius 2 is 1.48 bits per heavy atom. The molecule has 4 nitrogen and oxygen atoms in total. The van der Waals surface area contributed by atoms with Gasteiger partial charge in [-0.25, -0.2) is 13.7 Å². The van der Waals surface area contributed by atoms with Gasteiger partial charge in [0.05, 0.1) is 11.3 Å². The Balaban J connectivity index is 1.85. The molecule has 31 heavy (non-hydrogen) atoms. The molecule has 0 bridgehead atoms. The molecule has 2 amide bonds. The highest BCUT2D eigenvalue weighted by molar-refractivity contribution is 6.45. The van der Waals surface area contributed by atoms with Crippen molar-refractivity contribution in [1.29, 1.82) is 0 Å². The summed E-state index contributed by atoms with van der Waals surface area (Å²) in [4.78, 5) is 29.4. The number of carbonyl (C=O) groups excluding carboxylic acids is 2. The molecule has 4 rings (SSSR count). The first kappa shape index (κ1) is 20.5. The van der Waals surface area contributed by atoms with Crippen LogP contribution < -0.4 is 4.90 Å². The molecule has 0 fully saturated rings. The SMILES string of the molecule is CCN(Cc1ccccc1)C1=C(c2ccccc2)C(=O)N(c2cc(F)ccc2F)C1=O. The van der Waals surface area contributed by atoms with Gasteiger partial charge in [0, 0.05) is 19.2 Å². The lowest BCUT2D eigenvalue weighted by Crippen LogP contribution is -2.35. The Morgan fingerprint density at radius 1 is 0.839 bits per heavy atom. The standard InChI is InChI=1S/C25H20F2N2O2/c1-2-28(16-17-9-5-3-6-10-17)23-22(18-11-7-4-8-12-18)24(30)29(25(23)31)21-15-19(26)13-14-20(21)27/h3-15H,2,16H2,1H3. The minimum absolute atomic E-state index is 0.172. The van der Waals surface area contributed by atoms with Crippen LogP contribution in [0.4, 0.5) is 14.5 Å². The molecule has 0 N–H and O–H groups in total. The zero-order chi connectivity index (χ0) is 22.0. The fourth-order valence-corrected chi connectivity index (χ4v) is 3.71. The maximum Gasteiger partial charge on any atom is 0.282 e. The number of likely N-dealkylation sites (N-methyl/N-ethyl adjacent to an activating group) is 1. The average Bonchev–Trinajstić information content (AvgIpc) is 3.05. The molecule has 0 atom stereocenters. The summed E-state index contributed by atoms with van der Waals surface area (Å²) < 4.78 is 28.4. The van der Waals surface area contributed by atoms with E-state index in [0.717, 1.165) is 28.7 Å². The van der Waals surface area contributed by atoms with Gasteiger partial charge in [-0.05, 0) is 30.2 Å². The van der Waals surface area contributed by atoms with Crippen LogP contribution in [0.1, 0.15) is 18.1 Å². The van der Waals surface area contributed by atoms with E-state index < -0.39 is 29.1 Å². The van der Waals surface area contributed by atoms with E-state index in [9.17, 15) is 18.4 Å². The van der Waals surface area contributed by atoms with Gasteiger partial charge in [0.2, 0.25) is 0 Å². The molecule has 0 saturated heterocycles. The second-order valence-electron chi connectivity index (χ2n) is 7.13. The number of hydrogen-bond acceptors (Lipinski definition) is 3. The van der Waals surface area contributed by atoms with Crippen molar-refractivity contribution in [2.75, 3.05) is 11.4 Å². The van der Waals surface area contributed by atoms with Gasteiger partial charge >= 0.3 is 0 Å². The number of hydrogen-bond donors (Lipinski definition) is 0. The van der Waals surface area contributed by atoms with Gasteiger partial charge in [-0.1, -0.05) is 60.7 Å². The van der Waals surface area contributed by atoms with E-state index in [1.165, 1.54) is 0 Å². The van der Waals surface area contributed by atoms with Gasteiger partial charge in [0.25, 0.3) is 11.8 Å². The highest BCUT2D eigenvalue weighted by Crippen LogP contribution is 2.36. The zero-order valence-corrected chi connectivity index (χ0v) is 16.9. The lowest BCUT2D eigenvalue weighted by Gasteiger charge is -2.25. The minimum atomic E-state index is -0.845. The van der Waals surface area contributed by atoms with E-state index in [2.05, 4.69) is 0 Å². The summed E-state index contributed by atoms with van der Waals surface area (Å²) in [6, 6.07) is 21.0. The van der Waals surface area contributed by atoms with Crippen LogP contribution in [0, 0.1) is 11.6 Å². The molecule has 0 saturated carbocycles. The van der Waals surface area contributed by atoms with E-state index in [-0.39, 0.29) is 11.3 Å². The summed E-state index contributed by atoms with van der Waals surface area (Å²) in [5, 5.41) is 0. The largest absolute Gasteiger partial charge is 0.362 e. The molecule has 6 heteroatoms. The number of rotatable bonds is 6. The van der Waals surface area contributed by atoms with Crippen LogP contribution in [0.5, 0.6) is 0 Å². The fraction of sp³-hybridized carbons (Fsp3) is 0.120. The second-order valence-corrected chi connectivity index (χ2v) is 7.13. The molecule has 0 unspecified atom stereocenters. The molecule has 1 aliphatic heterocycles.